The molecule has 2 rings (SSSR count). The summed E-state index contributed by atoms with van der Waals surface area (Å²) in [6, 6.07) is 8.95. The molecule has 3 heteroatoms. The summed E-state index contributed by atoms with van der Waals surface area (Å²) in [4.78, 5) is 13.9. The molecule has 1 heterocycles. The van der Waals surface area contributed by atoms with E-state index >= 15 is 0 Å². The summed E-state index contributed by atoms with van der Waals surface area (Å²) in [6.07, 6.45) is 3.77. The number of fused-ring (bicyclic) bond motifs is 1. The molecule has 1 aliphatic rings. The van der Waals surface area contributed by atoms with E-state index in [4.69, 9.17) is 4.74 Å². The van der Waals surface area contributed by atoms with Crippen molar-refractivity contribution in [3.05, 3.63) is 41.5 Å². The molecule has 1 aromatic rings. The Hall–Kier alpha value is -1.77. The topological polar surface area (TPSA) is 29.5 Å². The lowest BCUT2D eigenvalue weighted by Crippen LogP contribution is -2.29. The van der Waals surface area contributed by atoms with Gasteiger partial charge in [-0.05, 0) is 31.4 Å². The van der Waals surface area contributed by atoms with E-state index in [2.05, 4.69) is 36.1 Å². The van der Waals surface area contributed by atoms with Gasteiger partial charge in [-0.15, -0.1) is 0 Å². The van der Waals surface area contributed by atoms with Gasteiger partial charge in [-0.25, -0.2) is 4.79 Å². The van der Waals surface area contributed by atoms with Gasteiger partial charge in [0.25, 0.3) is 0 Å². The number of carbonyl (C=O) groups is 1. The minimum atomic E-state index is -0.220. The van der Waals surface area contributed by atoms with Crippen LogP contribution in [0.3, 0.4) is 0 Å². The van der Waals surface area contributed by atoms with Crippen LogP contribution in [0.25, 0.3) is 0 Å². The van der Waals surface area contributed by atoms with Gasteiger partial charge in [-0.1, -0.05) is 31.2 Å². The smallest absolute Gasteiger partial charge is 0.333 e. The first-order chi connectivity index (χ1) is 9.17. The number of esters is 1. The molecule has 0 amide bonds. The second-order valence-corrected chi connectivity index (χ2v) is 4.91. The highest BCUT2D eigenvalue weighted by molar-refractivity contribution is 5.88. The maximum atomic E-state index is 11.6. The van der Waals surface area contributed by atoms with E-state index in [1.165, 1.54) is 18.4 Å². The zero-order chi connectivity index (χ0) is 13.8. The molecular weight excluding hydrogens is 238 g/mol. The number of rotatable bonds is 4. The molecule has 0 saturated carbocycles. The van der Waals surface area contributed by atoms with Crippen LogP contribution in [-0.2, 0) is 16.0 Å². The molecule has 0 spiro atoms. The van der Waals surface area contributed by atoms with Crippen molar-refractivity contribution in [2.24, 2.45) is 0 Å². The zero-order valence-electron chi connectivity index (χ0n) is 11.8. The van der Waals surface area contributed by atoms with Crippen molar-refractivity contribution >= 4 is 11.7 Å². The maximum absolute atomic E-state index is 11.6. The van der Waals surface area contributed by atoms with Gasteiger partial charge in [-0.2, -0.15) is 0 Å². The first-order valence-corrected chi connectivity index (χ1v) is 6.79. The van der Waals surface area contributed by atoms with Crippen LogP contribution in [0.4, 0.5) is 5.69 Å². The zero-order valence-corrected chi connectivity index (χ0v) is 11.8. The van der Waals surface area contributed by atoms with Gasteiger partial charge < -0.3 is 9.64 Å². The number of methoxy groups -OCH3 is 1. The molecule has 0 saturated heterocycles. The van der Waals surface area contributed by atoms with Crippen LogP contribution in [0.1, 0.15) is 25.8 Å². The molecule has 1 atom stereocenters. The summed E-state index contributed by atoms with van der Waals surface area (Å²) in [5.74, 6) is -0.220. The van der Waals surface area contributed by atoms with E-state index in [0.29, 0.717) is 12.5 Å². The van der Waals surface area contributed by atoms with Gasteiger partial charge in [0.1, 0.15) is 0 Å². The van der Waals surface area contributed by atoms with Crippen molar-refractivity contribution in [2.75, 3.05) is 18.6 Å². The van der Waals surface area contributed by atoms with Gasteiger partial charge in [0.2, 0.25) is 0 Å². The predicted molar refractivity (Wildman–Crippen MR) is 77.3 cm³/mol. The molecule has 0 aromatic heterocycles. The fourth-order valence-corrected chi connectivity index (χ4v) is 2.62. The summed E-state index contributed by atoms with van der Waals surface area (Å²) < 4.78 is 4.79. The number of hydrogen-bond donors (Lipinski definition) is 0. The highest BCUT2D eigenvalue weighted by Crippen LogP contribution is 2.31. The average Bonchev–Trinajstić information content (AvgIpc) is 2.75. The number of hydrogen-bond acceptors (Lipinski definition) is 3. The summed E-state index contributed by atoms with van der Waals surface area (Å²) in [5.41, 5.74) is 3.42. The first-order valence-electron chi connectivity index (χ1n) is 6.79. The number of nitrogens with zero attached hydrogens (tertiary/aromatic N) is 1. The molecule has 1 unspecified atom stereocenters. The van der Waals surface area contributed by atoms with Gasteiger partial charge in [-0.3, -0.25) is 0 Å². The molecule has 0 bridgehead atoms. The van der Waals surface area contributed by atoms with Gasteiger partial charge >= 0.3 is 5.97 Å². The molecule has 0 aliphatic carbocycles. The third kappa shape index (κ3) is 2.80. The first kappa shape index (κ1) is 13.7. The summed E-state index contributed by atoms with van der Waals surface area (Å²) in [7, 11) is 1.43. The number of para-hydroxylation sites is 1. The molecule has 0 fully saturated rings. The highest BCUT2D eigenvalue weighted by atomic mass is 16.5. The maximum Gasteiger partial charge on any atom is 0.333 e. The van der Waals surface area contributed by atoms with E-state index in [1.807, 2.05) is 13.0 Å². The summed E-state index contributed by atoms with van der Waals surface area (Å²) >= 11 is 0. The number of benzene rings is 1. The van der Waals surface area contributed by atoms with E-state index < -0.39 is 0 Å². The summed E-state index contributed by atoms with van der Waals surface area (Å²) in [6.45, 7) is 4.96. The normalized spacial score (nSPS) is 18.4. The van der Waals surface area contributed by atoms with E-state index in [9.17, 15) is 4.79 Å². The van der Waals surface area contributed by atoms with Crippen molar-refractivity contribution in [2.45, 2.75) is 32.7 Å². The van der Waals surface area contributed by atoms with E-state index in [-0.39, 0.29) is 5.97 Å². The lowest BCUT2D eigenvalue weighted by atomic mass is 10.1. The van der Waals surface area contributed by atoms with Gasteiger partial charge in [0.15, 0.2) is 0 Å². The van der Waals surface area contributed by atoms with E-state index in [0.717, 1.165) is 18.5 Å². The Morgan fingerprint density at radius 1 is 1.47 bits per heavy atom. The molecule has 102 valence electrons. The van der Waals surface area contributed by atoms with Gasteiger partial charge in [0.05, 0.1) is 7.11 Å². The van der Waals surface area contributed by atoms with Crippen molar-refractivity contribution in [1.29, 1.82) is 0 Å². The number of anilines is 1. The Bertz CT molecular complexity index is 493. The quantitative estimate of drug-likeness (QED) is 0.615. The van der Waals surface area contributed by atoms with Crippen LogP contribution >= 0.6 is 0 Å². The fraction of sp³-hybridized carbons (Fsp3) is 0.438. The fourth-order valence-electron chi connectivity index (χ4n) is 2.62. The molecular formula is C16H21NO2. The standard InChI is InChI=1S/C16H21NO2/c1-4-13(16(18)19-3)9-10-17-12(2)11-14-7-5-6-8-15(14)17/h5-9,12H,4,10-11H2,1-3H3. The minimum Gasteiger partial charge on any atom is -0.466 e. The Labute approximate surface area is 114 Å². The lowest BCUT2D eigenvalue weighted by Gasteiger charge is -2.23. The lowest BCUT2D eigenvalue weighted by molar-refractivity contribution is -0.136. The Morgan fingerprint density at radius 3 is 2.89 bits per heavy atom. The van der Waals surface area contributed by atoms with Crippen LogP contribution in [0.2, 0.25) is 0 Å². The van der Waals surface area contributed by atoms with Crippen LogP contribution in [0.5, 0.6) is 0 Å². The van der Waals surface area contributed by atoms with Gasteiger partial charge in [0, 0.05) is 23.8 Å². The molecule has 0 radical (unpaired) electrons. The van der Waals surface area contributed by atoms with Crippen LogP contribution in [-0.4, -0.2) is 25.7 Å². The second kappa shape index (κ2) is 5.91. The Balaban J connectivity index is 2.15. The minimum absolute atomic E-state index is 0.220. The summed E-state index contributed by atoms with van der Waals surface area (Å²) in [5, 5.41) is 0. The van der Waals surface area contributed by atoms with Crippen LogP contribution in [0, 0.1) is 0 Å². The van der Waals surface area contributed by atoms with Crippen LogP contribution in [0.15, 0.2) is 35.9 Å². The second-order valence-electron chi connectivity index (χ2n) is 4.91. The van der Waals surface area contributed by atoms with Crippen molar-refractivity contribution in [3.8, 4) is 0 Å². The predicted octanol–water partition coefficient (Wildman–Crippen LogP) is 2.95. The number of carbonyl (C=O) groups excluding carboxylic acids is 1. The van der Waals surface area contributed by atoms with Crippen molar-refractivity contribution in [3.63, 3.8) is 0 Å². The van der Waals surface area contributed by atoms with Crippen molar-refractivity contribution in [1.82, 2.24) is 0 Å². The highest BCUT2D eigenvalue weighted by Gasteiger charge is 2.24. The van der Waals surface area contributed by atoms with Crippen molar-refractivity contribution < 1.29 is 9.53 Å². The Morgan fingerprint density at radius 2 is 2.21 bits per heavy atom. The number of ether oxygens (including phenoxy) is 1. The van der Waals surface area contributed by atoms with Crippen LogP contribution < -0.4 is 4.90 Å². The van der Waals surface area contributed by atoms with E-state index in [1.54, 1.807) is 0 Å². The third-order valence-corrected chi connectivity index (χ3v) is 3.71. The average molecular weight is 259 g/mol. The largest absolute Gasteiger partial charge is 0.466 e. The third-order valence-electron chi connectivity index (χ3n) is 3.71. The monoisotopic (exact) mass is 259 g/mol. The molecule has 3 nitrogen and oxygen atoms in total. The molecule has 19 heavy (non-hydrogen) atoms. The molecule has 0 N–H and O–H groups in total. The molecule has 1 aromatic carbocycles. The molecule has 1 aliphatic heterocycles. The SMILES string of the molecule is CCC(=CCN1c2ccccc2CC1C)C(=O)OC. The Kier molecular flexibility index (Phi) is 4.25.